The Hall–Kier alpha value is -2.54. The van der Waals surface area contributed by atoms with Crippen molar-refractivity contribution in [3.8, 4) is 12.1 Å². The molecule has 0 fully saturated rings. The van der Waals surface area contributed by atoms with Crippen molar-refractivity contribution >= 4 is 11.4 Å². The van der Waals surface area contributed by atoms with Crippen molar-refractivity contribution in [2.45, 2.75) is 25.9 Å². The van der Waals surface area contributed by atoms with E-state index in [-0.39, 0.29) is 11.6 Å². The second kappa shape index (κ2) is 6.07. The normalized spacial score (nSPS) is 10.6. The topological polar surface area (TPSA) is 72.0 Å². The molecule has 0 heterocycles. The van der Waals surface area contributed by atoms with Gasteiger partial charge in [-0.25, -0.2) is 0 Å². The molecule has 0 aliphatic heterocycles. The van der Waals surface area contributed by atoms with E-state index in [1.807, 2.05) is 0 Å². The fourth-order valence-corrected chi connectivity index (χ4v) is 1.44. The largest absolute Gasteiger partial charge is 0.418 e. The van der Waals surface area contributed by atoms with Crippen molar-refractivity contribution in [3.63, 3.8) is 0 Å². The number of hydrogen-bond donors (Lipinski definition) is 1. The summed E-state index contributed by atoms with van der Waals surface area (Å²) >= 11 is 0. The van der Waals surface area contributed by atoms with Crippen molar-refractivity contribution in [1.29, 1.82) is 10.5 Å². The van der Waals surface area contributed by atoms with Crippen LogP contribution in [0, 0.1) is 22.7 Å². The molecule has 1 N–H and O–H groups in total. The number of benzene rings is 1. The number of nitrogens with zero attached hydrogens (tertiary/aromatic N) is 3. The van der Waals surface area contributed by atoms with Crippen LogP contribution in [0.5, 0.6) is 0 Å². The first-order valence-electron chi connectivity index (χ1n) is 5.64. The summed E-state index contributed by atoms with van der Waals surface area (Å²) in [5, 5.41) is 20.3. The second-order valence-electron chi connectivity index (χ2n) is 4.25. The molecule has 0 unspecified atom stereocenters. The fraction of sp³-hybridized carbons (Fsp3) is 0.308. The number of rotatable bonds is 3. The number of halogens is 3. The van der Waals surface area contributed by atoms with Gasteiger partial charge in [0, 0.05) is 0 Å². The Morgan fingerprint density at radius 1 is 1.25 bits per heavy atom. The summed E-state index contributed by atoms with van der Waals surface area (Å²) in [6.45, 7) is 3.56. The van der Waals surface area contributed by atoms with Gasteiger partial charge >= 0.3 is 6.18 Å². The highest BCUT2D eigenvalue weighted by Gasteiger charge is 2.34. The molecule has 1 aromatic rings. The zero-order valence-electron chi connectivity index (χ0n) is 10.8. The van der Waals surface area contributed by atoms with Gasteiger partial charge in [0.2, 0.25) is 5.71 Å². The molecule has 0 saturated carbocycles. The van der Waals surface area contributed by atoms with E-state index in [0.29, 0.717) is 5.56 Å². The third-order valence-corrected chi connectivity index (χ3v) is 2.52. The lowest BCUT2D eigenvalue weighted by atomic mass is 9.99. The SMILES string of the molecule is CC(C)c1ccc(NN=C(C#N)C#N)c(C(F)(F)F)c1. The monoisotopic (exact) mass is 280 g/mol. The van der Waals surface area contributed by atoms with Crippen molar-refractivity contribution in [3.05, 3.63) is 29.3 Å². The Balaban J connectivity index is 3.24. The van der Waals surface area contributed by atoms with Crippen LogP contribution in [0.15, 0.2) is 23.3 Å². The average Bonchev–Trinajstić information content (AvgIpc) is 2.38. The number of hydrazone groups is 1. The lowest BCUT2D eigenvalue weighted by Crippen LogP contribution is -2.10. The maximum Gasteiger partial charge on any atom is 0.418 e. The molecule has 0 amide bonds. The quantitative estimate of drug-likeness (QED) is 0.678. The van der Waals surface area contributed by atoms with E-state index in [2.05, 4.69) is 10.5 Å². The van der Waals surface area contributed by atoms with E-state index in [4.69, 9.17) is 10.5 Å². The summed E-state index contributed by atoms with van der Waals surface area (Å²) in [6, 6.07) is 6.71. The number of hydrogen-bond acceptors (Lipinski definition) is 4. The van der Waals surface area contributed by atoms with Crippen LogP contribution in [0.4, 0.5) is 18.9 Å². The second-order valence-corrected chi connectivity index (χ2v) is 4.25. The van der Waals surface area contributed by atoms with E-state index in [9.17, 15) is 13.2 Å². The summed E-state index contributed by atoms with van der Waals surface area (Å²) in [7, 11) is 0. The van der Waals surface area contributed by atoms with Crippen LogP contribution < -0.4 is 5.43 Å². The highest BCUT2D eigenvalue weighted by atomic mass is 19.4. The van der Waals surface area contributed by atoms with Crippen LogP contribution in [0.3, 0.4) is 0 Å². The van der Waals surface area contributed by atoms with Gasteiger partial charge in [0.05, 0.1) is 11.3 Å². The lowest BCUT2D eigenvalue weighted by Gasteiger charge is -2.15. The van der Waals surface area contributed by atoms with Gasteiger partial charge in [0.1, 0.15) is 12.1 Å². The van der Waals surface area contributed by atoms with Crippen LogP contribution in [0.2, 0.25) is 0 Å². The Morgan fingerprint density at radius 2 is 1.85 bits per heavy atom. The summed E-state index contributed by atoms with van der Waals surface area (Å²) in [5.74, 6) is -0.0533. The number of nitrogens with one attached hydrogen (secondary N) is 1. The third-order valence-electron chi connectivity index (χ3n) is 2.52. The first-order valence-corrected chi connectivity index (χ1v) is 5.64. The molecule has 0 aromatic heterocycles. The Labute approximate surface area is 114 Å². The van der Waals surface area contributed by atoms with Crippen molar-refractivity contribution in [2.75, 3.05) is 5.43 Å². The van der Waals surface area contributed by atoms with Gasteiger partial charge in [-0.3, -0.25) is 5.43 Å². The van der Waals surface area contributed by atoms with Gasteiger partial charge in [0.25, 0.3) is 0 Å². The van der Waals surface area contributed by atoms with Crippen LogP contribution in [0.25, 0.3) is 0 Å². The Bertz CT molecular complexity index is 588. The number of alkyl halides is 3. The first kappa shape index (κ1) is 15.5. The van der Waals surface area contributed by atoms with E-state index in [1.165, 1.54) is 24.3 Å². The minimum Gasteiger partial charge on any atom is -0.276 e. The van der Waals surface area contributed by atoms with E-state index >= 15 is 0 Å². The molecule has 0 radical (unpaired) electrons. The minimum absolute atomic E-state index is 0.0533. The molecule has 104 valence electrons. The highest BCUT2D eigenvalue weighted by Crippen LogP contribution is 2.36. The first-order chi connectivity index (χ1) is 9.29. The smallest absolute Gasteiger partial charge is 0.276 e. The molecule has 0 atom stereocenters. The van der Waals surface area contributed by atoms with E-state index in [0.717, 1.165) is 6.07 Å². The number of anilines is 1. The summed E-state index contributed by atoms with van der Waals surface area (Å²) in [5.41, 5.74) is 0.908. The van der Waals surface area contributed by atoms with Gasteiger partial charge in [-0.2, -0.15) is 28.8 Å². The molecule has 1 aromatic carbocycles. The number of nitriles is 2. The third kappa shape index (κ3) is 3.72. The predicted octanol–water partition coefficient (Wildman–Crippen LogP) is 3.64. The van der Waals surface area contributed by atoms with Crippen LogP contribution in [0.1, 0.15) is 30.9 Å². The molecule has 0 saturated heterocycles. The molecule has 1 rings (SSSR count). The standard InChI is InChI=1S/C13H11F3N4/c1-8(2)9-3-4-12(11(5-9)13(14,15)16)20-19-10(6-17)7-18/h3-5,8,20H,1-2H3. The van der Waals surface area contributed by atoms with Crippen molar-refractivity contribution < 1.29 is 13.2 Å². The summed E-state index contributed by atoms with van der Waals surface area (Å²) < 4.78 is 38.9. The van der Waals surface area contributed by atoms with Crippen LogP contribution in [-0.4, -0.2) is 5.71 Å². The van der Waals surface area contributed by atoms with Crippen molar-refractivity contribution in [1.82, 2.24) is 0 Å². The van der Waals surface area contributed by atoms with E-state index < -0.39 is 17.5 Å². The molecular weight excluding hydrogens is 269 g/mol. The predicted molar refractivity (Wildman–Crippen MR) is 67.8 cm³/mol. The summed E-state index contributed by atoms with van der Waals surface area (Å²) in [4.78, 5) is 0. The van der Waals surface area contributed by atoms with Gasteiger partial charge in [0.15, 0.2) is 0 Å². The molecule has 7 heteroatoms. The van der Waals surface area contributed by atoms with Crippen LogP contribution >= 0.6 is 0 Å². The zero-order chi connectivity index (χ0) is 15.3. The average molecular weight is 280 g/mol. The van der Waals surface area contributed by atoms with Crippen molar-refractivity contribution in [2.24, 2.45) is 5.10 Å². The Kier molecular flexibility index (Phi) is 4.71. The zero-order valence-corrected chi connectivity index (χ0v) is 10.8. The van der Waals surface area contributed by atoms with Gasteiger partial charge in [-0.1, -0.05) is 19.9 Å². The molecule has 0 aliphatic carbocycles. The fourth-order valence-electron chi connectivity index (χ4n) is 1.44. The highest BCUT2D eigenvalue weighted by molar-refractivity contribution is 6.10. The molecule has 0 spiro atoms. The van der Waals surface area contributed by atoms with E-state index in [1.54, 1.807) is 13.8 Å². The lowest BCUT2D eigenvalue weighted by molar-refractivity contribution is -0.137. The van der Waals surface area contributed by atoms with Gasteiger partial charge < -0.3 is 0 Å². The maximum absolute atomic E-state index is 13.0. The molecule has 4 nitrogen and oxygen atoms in total. The van der Waals surface area contributed by atoms with Gasteiger partial charge in [-0.05, 0) is 23.6 Å². The van der Waals surface area contributed by atoms with Crippen LogP contribution in [-0.2, 0) is 6.18 Å². The van der Waals surface area contributed by atoms with Gasteiger partial charge in [-0.15, -0.1) is 0 Å². The molecule has 20 heavy (non-hydrogen) atoms. The maximum atomic E-state index is 13.0. The minimum atomic E-state index is -4.55. The Morgan fingerprint density at radius 3 is 2.30 bits per heavy atom. The summed E-state index contributed by atoms with van der Waals surface area (Å²) in [6.07, 6.45) is -4.55. The molecule has 0 bridgehead atoms. The molecular formula is C13H11F3N4. The molecule has 0 aliphatic rings.